The molecule has 0 atom stereocenters. The van der Waals surface area contributed by atoms with Crippen LogP contribution in [-0.2, 0) is 6.42 Å². The fraction of sp³-hybridized carbons (Fsp3) is 0.136. The quantitative estimate of drug-likeness (QED) is 0.465. The van der Waals surface area contributed by atoms with E-state index in [9.17, 15) is 4.79 Å². The minimum Gasteiger partial charge on any atom is -0.321 e. The third-order valence-electron chi connectivity index (χ3n) is 4.44. The molecule has 3 heteroatoms. The van der Waals surface area contributed by atoms with E-state index in [1.807, 2.05) is 42.5 Å². The zero-order valence-corrected chi connectivity index (χ0v) is 14.9. The molecule has 0 saturated heterocycles. The van der Waals surface area contributed by atoms with Crippen molar-refractivity contribution >= 4 is 43.8 Å². The molecule has 0 radical (unpaired) electrons. The van der Waals surface area contributed by atoms with E-state index in [1.54, 1.807) is 11.3 Å². The van der Waals surface area contributed by atoms with Gasteiger partial charge in [-0.3, -0.25) is 4.79 Å². The zero-order valence-electron chi connectivity index (χ0n) is 14.1. The van der Waals surface area contributed by atoms with Crippen LogP contribution in [0.25, 0.3) is 20.9 Å². The summed E-state index contributed by atoms with van der Waals surface area (Å²) in [5.41, 5.74) is 2.03. The molecule has 2 nitrogen and oxygen atoms in total. The molecule has 0 spiro atoms. The van der Waals surface area contributed by atoms with Gasteiger partial charge < -0.3 is 5.32 Å². The van der Waals surface area contributed by atoms with Gasteiger partial charge in [0.1, 0.15) is 0 Å². The molecule has 0 aliphatic carbocycles. The largest absolute Gasteiger partial charge is 0.321 e. The molecule has 3 aromatic carbocycles. The number of thiophene rings is 1. The number of anilines is 1. The molecule has 1 heterocycles. The molecule has 0 aliphatic rings. The molecule has 1 amide bonds. The van der Waals surface area contributed by atoms with Crippen LogP contribution >= 0.6 is 11.3 Å². The van der Waals surface area contributed by atoms with Crippen LogP contribution in [0.4, 0.5) is 5.69 Å². The second-order valence-corrected chi connectivity index (χ2v) is 7.19. The molecule has 25 heavy (non-hydrogen) atoms. The van der Waals surface area contributed by atoms with E-state index < -0.39 is 0 Å². The highest BCUT2D eigenvalue weighted by atomic mass is 32.1. The Morgan fingerprint density at radius 2 is 1.64 bits per heavy atom. The molecule has 4 rings (SSSR count). The first-order valence-electron chi connectivity index (χ1n) is 8.57. The topological polar surface area (TPSA) is 29.1 Å². The van der Waals surface area contributed by atoms with Crippen LogP contribution in [0.1, 0.15) is 28.6 Å². The Morgan fingerprint density at radius 3 is 2.48 bits per heavy atom. The van der Waals surface area contributed by atoms with Crippen molar-refractivity contribution in [3.8, 4) is 0 Å². The van der Waals surface area contributed by atoms with Gasteiger partial charge in [-0.25, -0.2) is 0 Å². The molecular formula is C22H19NOS. The third kappa shape index (κ3) is 2.92. The number of rotatable bonds is 4. The van der Waals surface area contributed by atoms with Crippen molar-refractivity contribution in [1.82, 2.24) is 0 Å². The number of hydrogen-bond acceptors (Lipinski definition) is 2. The first-order valence-corrected chi connectivity index (χ1v) is 9.39. The van der Waals surface area contributed by atoms with Crippen LogP contribution in [0.2, 0.25) is 0 Å². The van der Waals surface area contributed by atoms with Crippen molar-refractivity contribution in [1.29, 1.82) is 0 Å². The molecular weight excluding hydrogens is 326 g/mol. The van der Waals surface area contributed by atoms with Gasteiger partial charge in [0, 0.05) is 15.8 Å². The van der Waals surface area contributed by atoms with Gasteiger partial charge in [-0.05, 0) is 34.9 Å². The predicted molar refractivity (Wildman–Crippen MR) is 108 cm³/mol. The van der Waals surface area contributed by atoms with E-state index in [0.29, 0.717) is 0 Å². The zero-order chi connectivity index (χ0) is 17.2. The molecule has 0 unspecified atom stereocenters. The van der Waals surface area contributed by atoms with Gasteiger partial charge in [-0.15, -0.1) is 11.3 Å². The summed E-state index contributed by atoms with van der Waals surface area (Å²) < 4.78 is 1.18. The Bertz CT molecular complexity index is 1060. The van der Waals surface area contributed by atoms with E-state index in [4.69, 9.17) is 0 Å². The summed E-state index contributed by atoms with van der Waals surface area (Å²) in [7, 11) is 0. The Kier molecular flexibility index (Phi) is 4.24. The number of carbonyl (C=O) groups is 1. The van der Waals surface area contributed by atoms with Crippen LogP contribution in [0.15, 0.2) is 66.7 Å². The van der Waals surface area contributed by atoms with Gasteiger partial charge in [0.25, 0.3) is 5.91 Å². The number of aryl methyl sites for hydroxylation is 1. The maximum absolute atomic E-state index is 13.0. The highest BCUT2D eigenvalue weighted by molar-refractivity contribution is 7.21. The lowest BCUT2D eigenvalue weighted by Gasteiger charge is -2.09. The van der Waals surface area contributed by atoms with Crippen LogP contribution in [0, 0.1) is 0 Å². The molecule has 4 aromatic rings. The maximum atomic E-state index is 13.0. The van der Waals surface area contributed by atoms with E-state index in [1.165, 1.54) is 15.6 Å². The minimum absolute atomic E-state index is 0.0130. The molecule has 0 saturated carbocycles. The third-order valence-corrected chi connectivity index (χ3v) is 5.65. The van der Waals surface area contributed by atoms with Crippen molar-refractivity contribution < 1.29 is 4.79 Å². The lowest BCUT2D eigenvalue weighted by atomic mass is 10.1. The van der Waals surface area contributed by atoms with Crippen molar-refractivity contribution in [2.24, 2.45) is 0 Å². The number of fused-ring (bicyclic) bond motifs is 2. The van der Waals surface area contributed by atoms with Crippen LogP contribution in [0.5, 0.6) is 0 Å². The number of carbonyl (C=O) groups excluding carboxylic acids is 1. The van der Waals surface area contributed by atoms with E-state index in [2.05, 4.69) is 36.5 Å². The average molecular weight is 345 g/mol. The highest BCUT2D eigenvalue weighted by Gasteiger charge is 2.18. The SMILES string of the molecule is CCCc1c(C(=O)Nc2cccc3ccccc23)sc2ccccc12. The lowest BCUT2D eigenvalue weighted by molar-refractivity contribution is 0.103. The number of hydrogen-bond donors (Lipinski definition) is 1. The van der Waals surface area contributed by atoms with Crippen LogP contribution < -0.4 is 5.32 Å². The second-order valence-electron chi connectivity index (χ2n) is 6.14. The lowest BCUT2D eigenvalue weighted by Crippen LogP contribution is -2.12. The first kappa shape index (κ1) is 15.9. The smallest absolute Gasteiger partial charge is 0.266 e. The number of nitrogens with one attached hydrogen (secondary N) is 1. The van der Waals surface area contributed by atoms with Gasteiger partial charge in [0.15, 0.2) is 0 Å². The van der Waals surface area contributed by atoms with Gasteiger partial charge in [-0.2, -0.15) is 0 Å². The molecule has 0 aliphatic heterocycles. The van der Waals surface area contributed by atoms with Crippen molar-refractivity contribution in [3.63, 3.8) is 0 Å². The van der Waals surface area contributed by atoms with E-state index in [-0.39, 0.29) is 5.91 Å². The summed E-state index contributed by atoms with van der Waals surface area (Å²) >= 11 is 1.58. The maximum Gasteiger partial charge on any atom is 0.266 e. The summed E-state index contributed by atoms with van der Waals surface area (Å²) in [5.74, 6) is -0.0130. The molecule has 0 fully saturated rings. The van der Waals surface area contributed by atoms with Gasteiger partial charge in [0.2, 0.25) is 0 Å². The van der Waals surface area contributed by atoms with Crippen molar-refractivity contribution in [2.75, 3.05) is 5.32 Å². The van der Waals surface area contributed by atoms with Crippen LogP contribution in [-0.4, -0.2) is 5.91 Å². The van der Waals surface area contributed by atoms with Gasteiger partial charge in [0.05, 0.1) is 4.88 Å². The van der Waals surface area contributed by atoms with Gasteiger partial charge in [-0.1, -0.05) is 67.9 Å². The molecule has 0 bridgehead atoms. The van der Waals surface area contributed by atoms with E-state index in [0.717, 1.165) is 34.2 Å². The number of benzene rings is 3. The summed E-state index contributed by atoms with van der Waals surface area (Å²) in [4.78, 5) is 13.9. The predicted octanol–water partition coefficient (Wildman–Crippen LogP) is 6.26. The first-order chi connectivity index (χ1) is 12.3. The monoisotopic (exact) mass is 345 g/mol. The standard InChI is InChI=1S/C22H19NOS/c1-2-8-18-17-12-5-6-14-20(17)25-21(18)22(24)23-19-13-7-10-15-9-3-4-11-16(15)19/h3-7,9-14H,2,8H2,1H3,(H,23,24). The fourth-order valence-corrected chi connectivity index (χ4v) is 4.44. The Labute approximate surface area is 151 Å². The Balaban J connectivity index is 1.76. The summed E-state index contributed by atoms with van der Waals surface area (Å²) in [6.07, 6.45) is 1.94. The minimum atomic E-state index is -0.0130. The summed E-state index contributed by atoms with van der Waals surface area (Å²) in [6, 6.07) is 22.4. The van der Waals surface area contributed by atoms with Crippen molar-refractivity contribution in [3.05, 3.63) is 77.2 Å². The van der Waals surface area contributed by atoms with Crippen LogP contribution in [0.3, 0.4) is 0 Å². The van der Waals surface area contributed by atoms with Crippen molar-refractivity contribution in [2.45, 2.75) is 19.8 Å². The summed E-state index contributed by atoms with van der Waals surface area (Å²) in [6.45, 7) is 2.15. The average Bonchev–Trinajstić information content (AvgIpc) is 3.01. The summed E-state index contributed by atoms with van der Waals surface area (Å²) in [5, 5.41) is 6.53. The second kappa shape index (κ2) is 6.69. The Hall–Kier alpha value is -2.65. The highest BCUT2D eigenvalue weighted by Crippen LogP contribution is 2.33. The number of amides is 1. The van der Waals surface area contributed by atoms with E-state index >= 15 is 0 Å². The molecule has 124 valence electrons. The van der Waals surface area contributed by atoms with Gasteiger partial charge >= 0.3 is 0 Å². The molecule has 1 aromatic heterocycles. The Morgan fingerprint density at radius 1 is 0.920 bits per heavy atom. The fourth-order valence-electron chi connectivity index (χ4n) is 3.29. The molecule has 1 N–H and O–H groups in total. The normalized spacial score (nSPS) is 11.1.